The number of esters is 1. The Balaban J connectivity index is 3.60. The van der Waals surface area contributed by atoms with Gasteiger partial charge in [0.25, 0.3) is 0 Å². The maximum Gasteiger partial charge on any atom is 0.322 e. The highest BCUT2D eigenvalue weighted by molar-refractivity contribution is 5.75. The van der Waals surface area contributed by atoms with Crippen LogP contribution in [0.2, 0.25) is 0 Å². The van der Waals surface area contributed by atoms with E-state index < -0.39 is 0 Å². The van der Waals surface area contributed by atoms with Crippen LogP contribution in [0, 0.1) is 0 Å². The maximum absolute atomic E-state index is 11.1. The van der Waals surface area contributed by atoms with Crippen molar-refractivity contribution in [1.82, 2.24) is 5.32 Å². The topological polar surface area (TPSA) is 47.6 Å². The minimum Gasteiger partial charge on any atom is -0.465 e. The number of carbonyl (C=O) groups is 1. The largest absolute Gasteiger partial charge is 0.465 e. The van der Waals surface area contributed by atoms with Gasteiger partial charge in [-0.15, -0.1) is 0 Å². The molecule has 78 valence electrons. The number of carbonyl (C=O) groups excluding carboxylic acids is 1. The summed E-state index contributed by atoms with van der Waals surface area (Å²) in [6.45, 7) is 6.58. The van der Waals surface area contributed by atoms with Gasteiger partial charge in [-0.2, -0.15) is 0 Å². The summed E-state index contributed by atoms with van der Waals surface area (Å²) in [4.78, 5) is 11.1. The van der Waals surface area contributed by atoms with Gasteiger partial charge < -0.3 is 14.8 Å². The van der Waals surface area contributed by atoms with Gasteiger partial charge in [0.15, 0.2) is 0 Å². The number of rotatable bonds is 6. The zero-order valence-electron chi connectivity index (χ0n) is 8.79. The normalized spacial score (nSPS) is 15.1. The first-order valence-corrected chi connectivity index (χ1v) is 4.54. The van der Waals surface area contributed by atoms with Crippen molar-refractivity contribution in [2.24, 2.45) is 0 Å². The molecule has 0 saturated carbocycles. The second-order valence-corrected chi connectivity index (χ2v) is 2.93. The van der Waals surface area contributed by atoms with Crippen molar-refractivity contribution >= 4 is 5.97 Å². The van der Waals surface area contributed by atoms with E-state index in [0.29, 0.717) is 13.2 Å². The number of ether oxygens (including phenoxy) is 2. The van der Waals surface area contributed by atoms with Gasteiger partial charge >= 0.3 is 5.97 Å². The van der Waals surface area contributed by atoms with Crippen LogP contribution in [-0.4, -0.2) is 38.4 Å². The third-order valence-electron chi connectivity index (χ3n) is 1.75. The molecular formula is C9H19NO3. The third kappa shape index (κ3) is 5.60. The van der Waals surface area contributed by atoms with E-state index in [1.54, 1.807) is 21.0 Å². The van der Waals surface area contributed by atoms with Crippen molar-refractivity contribution in [2.75, 3.05) is 20.3 Å². The SMILES string of the molecule is CCOC(=O)C(C)NCC(C)OC. The molecule has 0 amide bonds. The zero-order chi connectivity index (χ0) is 10.3. The Bertz CT molecular complexity index is 150. The van der Waals surface area contributed by atoms with Gasteiger partial charge in [0.2, 0.25) is 0 Å². The second-order valence-electron chi connectivity index (χ2n) is 2.93. The lowest BCUT2D eigenvalue weighted by Crippen LogP contribution is -2.39. The molecule has 1 N–H and O–H groups in total. The smallest absolute Gasteiger partial charge is 0.322 e. The Labute approximate surface area is 79.6 Å². The van der Waals surface area contributed by atoms with E-state index in [9.17, 15) is 4.79 Å². The Kier molecular flexibility index (Phi) is 6.54. The molecule has 4 nitrogen and oxygen atoms in total. The molecule has 13 heavy (non-hydrogen) atoms. The molecular weight excluding hydrogens is 170 g/mol. The Morgan fingerprint density at radius 2 is 2.08 bits per heavy atom. The number of methoxy groups -OCH3 is 1. The summed E-state index contributed by atoms with van der Waals surface area (Å²) in [6, 6.07) is -0.266. The summed E-state index contributed by atoms with van der Waals surface area (Å²) in [5, 5.41) is 3.02. The van der Waals surface area contributed by atoms with E-state index in [-0.39, 0.29) is 18.1 Å². The molecule has 0 aromatic heterocycles. The van der Waals surface area contributed by atoms with Crippen LogP contribution in [0.15, 0.2) is 0 Å². The third-order valence-corrected chi connectivity index (χ3v) is 1.75. The van der Waals surface area contributed by atoms with Gasteiger partial charge in [-0.25, -0.2) is 0 Å². The number of hydrogen-bond acceptors (Lipinski definition) is 4. The van der Waals surface area contributed by atoms with Crippen LogP contribution in [0.1, 0.15) is 20.8 Å². The Hall–Kier alpha value is -0.610. The minimum atomic E-state index is -0.266. The fourth-order valence-corrected chi connectivity index (χ4v) is 0.777. The van der Waals surface area contributed by atoms with Crippen LogP contribution in [0.5, 0.6) is 0 Å². The van der Waals surface area contributed by atoms with E-state index in [4.69, 9.17) is 9.47 Å². The van der Waals surface area contributed by atoms with Crippen molar-refractivity contribution in [2.45, 2.75) is 32.9 Å². The number of hydrogen-bond donors (Lipinski definition) is 1. The Morgan fingerprint density at radius 1 is 1.46 bits per heavy atom. The molecule has 0 bridgehead atoms. The van der Waals surface area contributed by atoms with Gasteiger partial charge in [0.05, 0.1) is 12.7 Å². The first kappa shape index (κ1) is 12.4. The molecule has 0 radical (unpaired) electrons. The van der Waals surface area contributed by atoms with Gasteiger partial charge in [0, 0.05) is 13.7 Å². The summed E-state index contributed by atoms with van der Waals surface area (Å²) in [6.07, 6.45) is 0.108. The standard InChI is InChI=1S/C9H19NO3/c1-5-13-9(11)8(3)10-6-7(2)12-4/h7-8,10H,5-6H2,1-4H3. The molecule has 0 heterocycles. The van der Waals surface area contributed by atoms with E-state index >= 15 is 0 Å². The molecule has 2 atom stereocenters. The molecule has 0 aliphatic carbocycles. The van der Waals surface area contributed by atoms with E-state index in [1.165, 1.54) is 0 Å². The first-order valence-electron chi connectivity index (χ1n) is 4.54. The lowest BCUT2D eigenvalue weighted by molar-refractivity contribution is -0.145. The second kappa shape index (κ2) is 6.86. The molecule has 4 heteroatoms. The molecule has 0 aromatic rings. The summed E-state index contributed by atoms with van der Waals surface area (Å²) in [5.41, 5.74) is 0. The highest BCUT2D eigenvalue weighted by atomic mass is 16.5. The fourth-order valence-electron chi connectivity index (χ4n) is 0.777. The van der Waals surface area contributed by atoms with Gasteiger partial charge in [-0.3, -0.25) is 4.79 Å². The van der Waals surface area contributed by atoms with Crippen molar-refractivity contribution in [3.8, 4) is 0 Å². The van der Waals surface area contributed by atoms with Crippen molar-refractivity contribution in [3.63, 3.8) is 0 Å². The number of nitrogens with one attached hydrogen (secondary N) is 1. The highest BCUT2D eigenvalue weighted by Crippen LogP contribution is 1.90. The van der Waals surface area contributed by atoms with Gasteiger partial charge in [-0.05, 0) is 20.8 Å². The molecule has 0 aliphatic rings. The quantitative estimate of drug-likeness (QED) is 0.620. The van der Waals surface area contributed by atoms with E-state index in [2.05, 4.69) is 5.32 Å². The summed E-state index contributed by atoms with van der Waals surface area (Å²) >= 11 is 0. The average Bonchev–Trinajstić information content (AvgIpc) is 2.13. The van der Waals surface area contributed by atoms with Crippen LogP contribution in [0.25, 0.3) is 0 Å². The summed E-state index contributed by atoms with van der Waals surface area (Å²) in [5.74, 6) is -0.217. The average molecular weight is 189 g/mol. The molecule has 0 fully saturated rings. The molecule has 0 aliphatic heterocycles. The van der Waals surface area contributed by atoms with Gasteiger partial charge in [-0.1, -0.05) is 0 Å². The van der Waals surface area contributed by atoms with Crippen molar-refractivity contribution in [1.29, 1.82) is 0 Å². The predicted molar refractivity (Wildman–Crippen MR) is 50.6 cm³/mol. The molecule has 2 unspecified atom stereocenters. The highest BCUT2D eigenvalue weighted by Gasteiger charge is 2.13. The van der Waals surface area contributed by atoms with Crippen LogP contribution in [-0.2, 0) is 14.3 Å². The maximum atomic E-state index is 11.1. The molecule has 0 rings (SSSR count). The van der Waals surface area contributed by atoms with E-state index in [1.807, 2.05) is 6.92 Å². The lowest BCUT2D eigenvalue weighted by Gasteiger charge is -2.15. The van der Waals surface area contributed by atoms with Crippen molar-refractivity contribution < 1.29 is 14.3 Å². The van der Waals surface area contributed by atoms with Gasteiger partial charge in [0.1, 0.15) is 6.04 Å². The molecule has 0 aromatic carbocycles. The first-order chi connectivity index (χ1) is 6.11. The lowest BCUT2D eigenvalue weighted by atomic mass is 10.3. The van der Waals surface area contributed by atoms with E-state index in [0.717, 1.165) is 0 Å². The minimum absolute atomic E-state index is 0.108. The van der Waals surface area contributed by atoms with Crippen LogP contribution >= 0.6 is 0 Å². The van der Waals surface area contributed by atoms with Crippen LogP contribution in [0.3, 0.4) is 0 Å². The predicted octanol–water partition coefficient (Wildman–Crippen LogP) is 0.562. The summed E-state index contributed by atoms with van der Waals surface area (Å²) in [7, 11) is 1.64. The summed E-state index contributed by atoms with van der Waals surface area (Å²) < 4.78 is 9.85. The Morgan fingerprint density at radius 3 is 2.54 bits per heavy atom. The fraction of sp³-hybridized carbons (Fsp3) is 0.889. The zero-order valence-corrected chi connectivity index (χ0v) is 8.79. The van der Waals surface area contributed by atoms with Crippen LogP contribution in [0.4, 0.5) is 0 Å². The molecule has 0 saturated heterocycles. The monoisotopic (exact) mass is 189 g/mol. The molecule has 0 spiro atoms. The van der Waals surface area contributed by atoms with Crippen LogP contribution < -0.4 is 5.32 Å². The van der Waals surface area contributed by atoms with Crippen molar-refractivity contribution in [3.05, 3.63) is 0 Å².